The van der Waals surface area contributed by atoms with Gasteiger partial charge in [0.05, 0.1) is 22.9 Å². The topological polar surface area (TPSA) is 64.0 Å². The molecule has 1 aromatic carbocycles. The van der Waals surface area contributed by atoms with Gasteiger partial charge in [-0.3, -0.25) is 9.00 Å². The van der Waals surface area contributed by atoms with Crippen LogP contribution in [-0.2, 0) is 27.1 Å². The normalized spacial score (nSPS) is 16.3. The molecule has 2 aromatic rings. The Bertz CT molecular complexity index is 837. The monoisotopic (exact) mass is 359 g/mol. The number of hydrogen-bond donors (Lipinski definition) is 1. The molecule has 1 aliphatic heterocycles. The third kappa shape index (κ3) is 3.40. The van der Waals surface area contributed by atoms with Crippen molar-refractivity contribution < 1.29 is 9.00 Å². The minimum Gasteiger partial charge on any atom is -0.310 e. The van der Waals surface area contributed by atoms with Gasteiger partial charge in [-0.25, -0.2) is 4.68 Å². The molecule has 0 saturated carbocycles. The third-order valence-electron chi connectivity index (χ3n) is 4.85. The minimum atomic E-state index is -0.928. The number of aromatic nitrogens is 2. The predicted octanol–water partition coefficient (Wildman–Crippen LogP) is 3.63. The lowest BCUT2D eigenvalue weighted by Crippen LogP contribution is -2.24. The van der Waals surface area contributed by atoms with Gasteiger partial charge in [-0.15, -0.1) is 0 Å². The highest BCUT2D eigenvalue weighted by Crippen LogP contribution is 2.32. The molecule has 0 saturated heterocycles. The van der Waals surface area contributed by atoms with Crippen LogP contribution in [0.1, 0.15) is 49.1 Å². The van der Waals surface area contributed by atoms with Crippen molar-refractivity contribution in [1.29, 1.82) is 0 Å². The van der Waals surface area contributed by atoms with Crippen molar-refractivity contribution in [2.45, 2.75) is 52.0 Å². The molecule has 0 bridgehead atoms. The Morgan fingerprint density at radius 2 is 2.00 bits per heavy atom. The quantitative estimate of drug-likeness (QED) is 0.887. The number of nitrogens with one attached hydrogen (secondary N) is 1. The second-order valence-corrected chi connectivity index (χ2v) is 8.16. The molecule has 0 unspecified atom stereocenters. The lowest BCUT2D eigenvalue weighted by Gasteiger charge is -2.16. The highest BCUT2D eigenvalue weighted by atomic mass is 32.2. The Morgan fingerprint density at radius 3 is 2.64 bits per heavy atom. The van der Waals surface area contributed by atoms with Gasteiger partial charge in [0.2, 0.25) is 5.91 Å². The number of anilines is 1. The summed E-state index contributed by atoms with van der Waals surface area (Å²) in [6.07, 6.45) is 1.60. The van der Waals surface area contributed by atoms with E-state index in [1.807, 2.05) is 37.6 Å². The lowest BCUT2D eigenvalue weighted by molar-refractivity contribution is -0.120. The Morgan fingerprint density at radius 1 is 1.28 bits per heavy atom. The standard InChI is InChI=1S/C19H25N3O2S/c1-5-14(6-2)19(23)20-18-15-10-25(24)11-16(15)21-22(18)17-8-7-12(3)9-13(17)4/h7-9,14H,5-6,10-11H2,1-4H3,(H,20,23)/t25-/m0/s1. The third-order valence-corrected chi connectivity index (χ3v) is 6.05. The van der Waals surface area contributed by atoms with E-state index in [9.17, 15) is 9.00 Å². The Labute approximate surface area is 151 Å². The molecule has 0 radical (unpaired) electrons. The predicted molar refractivity (Wildman–Crippen MR) is 101 cm³/mol. The maximum absolute atomic E-state index is 12.6. The first-order chi connectivity index (χ1) is 11.9. The number of aryl methyl sites for hydroxylation is 2. The van der Waals surface area contributed by atoms with Gasteiger partial charge >= 0.3 is 0 Å². The van der Waals surface area contributed by atoms with E-state index >= 15 is 0 Å². The molecular weight excluding hydrogens is 334 g/mol. The van der Waals surface area contributed by atoms with Crippen LogP contribution in [0.25, 0.3) is 5.69 Å². The number of hydrogen-bond acceptors (Lipinski definition) is 3. The molecule has 0 spiro atoms. The van der Waals surface area contributed by atoms with Crippen LogP contribution in [-0.4, -0.2) is 19.9 Å². The van der Waals surface area contributed by atoms with Crippen molar-refractivity contribution in [3.8, 4) is 5.69 Å². The summed E-state index contributed by atoms with van der Waals surface area (Å²) in [5.41, 5.74) is 4.98. The molecule has 2 heterocycles. The maximum atomic E-state index is 12.6. The summed E-state index contributed by atoms with van der Waals surface area (Å²) in [5.74, 6) is 1.59. The van der Waals surface area contributed by atoms with Crippen LogP contribution in [0.3, 0.4) is 0 Å². The molecule has 0 aliphatic carbocycles. The molecule has 6 heteroatoms. The van der Waals surface area contributed by atoms with Gasteiger partial charge in [-0.2, -0.15) is 5.10 Å². The average Bonchev–Trinajstić information content (AvgIpc) is 3.06. The number of rotatable bonds is 5. The summed E-state index contributed by atoms with van der Waals surface area (Å²) in [6.45, 7) is 8.14. The summed E-state index contributed by atoms with van der Waals surface area (Å²) >= 11 is 0. The summed E-state index contributed by atoms with van der Waals surface area (Å²) < 4.78 is 13.8. The highest BCUT2D eigenvalue weighted by Gasteiger charge is 2.29. The molecule has 0 fully saturated rings. The number of amides is 1. The number of fused-ring (bicyclic) bond motifs is 1. The van der Waals surface area contributed by atoms with E-state index < -0.39 is 10.8 Å². The number of carbonyl (C=O) groups excluding carboxylic acids is 1. The van der Waals surface area contributed by atoms with Crippen LogP contribution in [0.5, 0.6) is 0 Å². The fourth-order valence-electron chi connectivity index (χ4n) is 3.35. The van der Waals surface area contributed by atoms with E-state index in [1.165, 1.54) is 5.56 Å². The summed E-state index contributed by atoms with van der Waals surface area (Å²) in [5, 5.41) is 7.76. The summed E-state index contributed by atoms with van der Waals surface area (Å²) in [7, 11) is -0.928. The van der Waals surface area contributed by atoms with Gasteiger partial charge < -0.3 is 5.32 Å². The smallest absolute Gasteiger partial charge is 0.228 e. The van der Waals surface area contributed by atoms with Crippen LogP contribution in [0.4, 0.5) is 5.82 Å². The van der Waals surface area contributed by atoms with Crippen molar-refractivity contribution in [3.63, 3.8) is 0 Å². The second kappa shape index (κ2) is 7.12. The molecule has 1 N–H and O–H groups in total. The largest absolute Gasteiger partial charge is 0.310 e. The van der Waals surface area contributed by atoms with Crippen molar-refractivity contribution in [2.75, 3.05) is 5.32 Å². The van der Waals surface area contributed by atoms with Gasteiger partial charge in [0.25, 0.3) is 0 Å². The average molecular weight is 359 g/mol. The zero-order valence-electron chi connectivity index (χ0n) is 15.3. The molecule has 1 amide bonds. The van der Waals surface area contributed by atoms with Gasteiger partial charge in [0, 0.05) is 22.3 Å². The molecule has 25 heavy (non-hydrogen) atoms. The van der Waals surface area contributed by atoms with E-state index in [1.54, 1.807) is 0 Å². The van der Waals surface area contributed by atoms with E-state index in [2.05, 4.69) is 23.4 Å². The van der Waals surface area contributed by atoms with Crippen LogP contribution >= 0.6 is 0 Å². The molecule has 1 aliphatic rings. The molecule has 3 rings (SSSR count). The SMILES string of the molecule is CCC(CC)C(=O)Nc1c2c(nn1-c1ccc(C)cc1C)C[S@@](=O)C2. The van der Waals surface area contributed by atoms with E-state index in [0.717, 1.165) is 35.3 Å². The Kier molecular flexibility index (Phi) is 5.08. The van der Waals surface area contributed by atoms with Gasteiger partial charge in [0.1, 0.15) is 5.82 Å². The Hall–Kier alpha value is -1.95. The minimum absolute atomic E-state index is 0.0106. The number of carbonyl (C=O) groups is 1. The fourth-order valence-corrected chi connectivity index (χ4v) is 4.62. The Balaban J connectivity index is 2.06. The van der Waals surface area contributed by atoms with Crippen molar-refractivity contribution in [3.05, 3.63) is 40.6 Å². The molecule has 134 valence electrons. The highest BCUT2D eigenvalue weighted by molar-refractivity contribution is 7.83. The number of nitrogens with zero attached hydrogens (tertiary/aromatic N) is 2. The lowest BCUT2D eigenvalue weighted by atomic mass is 10.0. The van der Waals surface area contributed by atoms with Crippen molar-refractivity contribution in [1.82, 2.24) is 9.78 Å². The molecular formula is C19H25N3O2S. The molecule has 1 aromatic heterocycles. The van der Waals surface area contributed by atoms with E-state index in [-0.39, 0.29) is 11.8 Å². The molecule has 5 nitrogen and oxygen atoms in total. The first-order valence-corrected chi connectivity index (χ1v) is 10.3. The zero-order valence-corrected chi connectivity index (χ0v) is 16.1. The first-order valence-electron chi connectivity index (χ1n) is 8.78. The zero-order chi connectivity index (χ0) is 18.1. The van der Waals surface area contributed by atoms with Crippen molar-refractivity contribution >= 4 is 22.5 Å². The second-order valence-electron chi connectivity index (χ2n) is 6.71. The summed E-state index contributed by atoms with van der Waals surface area (Å²) in [4.78, 5) is 12.6. The molecule has 1 atom stereocenters. The van der Waals surface area contributed by atoms with Gasteiger partial charge in [-0.05, 0) is 38.3 Å². The van der Waals surface area contributed by atoms with E-state index in [0.29, 0.717) is 17.3 Å². The number of benzene rings is 1. The summed E-state index contributed by atoms with van der Waals surface area (Å²) in [6, 6.07) is 6.17. The first kappa shape index (κ1) is 17.9. The van der Waals surface area contributed by atoms with Crippen LogP contribution < -0.4 is 5.32 Å². The fraction of sp³-hybridized carbons (Fsp3) is 0.474. The van der Waals surface area contributed by atoms with Crippen LogP contribution in [0, 0.1) is 19.8 Å². The van der Waals surface area contributed by atoms with E-state index in [4.69, 9.17) is 0 Å². The maximum Gasteiger partial charge on any atom is 0.228 e. The van der Waals surface area contributed by atoms with Crippen LogP contribution in [0.2, 0.25) is 0 Å². The van der Waals surface area contributed by atoms with Gasteiger partial charge in [-0.1, -0.05) is 31.5 Å². The van der Waals surface area contributed by atoms with Crippen LogP contribution in [0.15, 0.2) is 18.2 Å². The van der Waals surface area contributed by atoms with Crippen molar-refractivity contribution in [2.24, 2.45) is 5.92 Å². The van der Waals surface area contributed by atoms with Gasteiger partial charge in [0.15, 0.2) is 0 Å².